The molecule has 2 rings (SSSR count). The van der Waals surface area contributed by atoms with Crippen molar-refractivity contribution in [1.82, 2.24) is 14.5 Å². The first-order valence-electron chi connectivity index (χ1n) is 7.26. The summed E-state index contributed by atoms with van der Waals surface area (Å²) in [5, 5.41) is 0. The Balaban J connectivity index is 1.92. The smallest absolute Gasteiger partial charge is 0.152 e. The fourth-order valence-corrected chi connectivity index (χ4v) is 2.80. The third-order valence-electron chi connectivity index (χ3n) is 4.33. The van der Waals surface area contributed by atoms with Crippen LogP contribution in [0.2, 0.25) is 0 Å². The zero-order chi connectivity index (χ0) is 13.9. The van der Waals surface area contributed by atoms with Gasteiger partial charge in [-0.3, -0.25) is 9.69 Å². The molecule has 19 heavy (non-hydrogen) atoms. The molecule has 0 aliphatic carbocycles. The minimum Gasteiger partial charge on any atom is -0.338 e. The van der Waals surface area contributed by atoms with E-state index < -0.39 is 0 Å². The van der Waals surface area contributed by atoms with Gasteiger partial charge in [0, 0.05) is 32.3 Å². The molecule has 0 N–H and O–H groups in total. The number of hydrogen-bond donors (Lipinski definition) is 0. The van der Waals surface area contributed by atoms with Gasteiger partial charge in [-0.1, -0.05) is 6.42 Å². The summed E-state index contributed by atoms with van der Waals surface area (Å²) in [7, 11) is 1.97. The van der Waals surface area contributed by atoms with Gasteiger partial charge in [-0.25, -0.2) is 4.98 Å². The van der Waals surface area contributed by atoms with Crippen molar-refractivity contribution >= 4 is 5.78 Å². The van der Waals surface area contributed by atoms with Crippen molar-refractivity contribution in [3.05, 3.63) is 18.2 Å². The Kier molecular flexibility index (Phi) is 4.40. The number of ketones is 1. The maximum Gasteiger partial charge on any atom is 0.152 e. The molecular formula is C15H25N3O. The number of carbonyl (C=O) groups is 1. The summed E-state index contributed by atoms with van der Waals surface area (Å²) in [5.74, 6) is 1.32. The third kappa shape index (κ3) is 3.24. The highest BCUT2D eigenvalue weighted by molar-refractivity contribution is 5.87. The van der Waals surface area contributed by atoms with Gasteiger partial charge in [0.1, 0.15) is 5.82 Å². The van der Waals surface area contributed by atoms with Gasteiger partial charge < -0.3 is 4.57 Å². The van der Waals surface area contributed by atoms with Crippen LogP contribution in [0.4, 0.5) is 0 Å². The Morgan fingerprint density at radius 2 is 2.00 bits per heavy atom. The average molecular weight is 263 g/mol. The van der Waals surface area contributed by atoms with E-state index in [-0.39, 0.29) is 5.54 Å². The van der Waals surface area contributed by atoms with Crippen molar-refractivity contribution in [2.75, 3.05) is 13.1 Å². The average Bonchev–Trinajstić information content (AvgIpc) is 2.82. The maximum atomic E-state index is 12.5. The van der Waals surface area contributed by atoms with Gasteiger partial charge in [-0.05, 0) is 39.8 Å². The fourth-order valence-electron chi connectivity index (χ4n) is 2.80. The van der Waals surface area contributed by atoms with Crippen molar-refractivity contribution in [1.29, 1.82) is 0 Å². The molecule has 0 unspecified atom stereocenters. The van der Waals surface area contributed by atoms with Crippen LogP contribution < -0.4 is 0 Å². The van der Waals surface area contributed by atoms with Crippen LogP contribution in [0.3, 0.4) is 0 Å². The van der Waals surface area contributed by atoms with E-state index in [9.17, 15) is 4.79 Å². The molecule has 0 amide bonds. The summed E-state index contributed by atoms with van der Waals surface area (Å²) in [6, 6.07) is 0. The van der Waals surface area contributed by atoms with Crippen molar-refractivity contribution in [2.24, 2.45) is 7.05 Å². The van der Waals surface area contributed by atoms with Crippen LogP contribution in [0.1, 0.15) is 45.4 Å². The van der Waals surface area contributed by atoms with Gasteiger partial charge in [0.15, 0.2) is 5.78 Å². The lowest BCUT2D eigenvalue weighted by atomic mass is 9.91. The second-order valence-corrected chi connectivity index (χ2v) is 5.98. The van der Waals surface area contributed by atoms with Crippen LogP contribution in [-0.4, -0.2) is 38.9 Å². The molecule has 4 heteroatoms. The zero-order valence-electron chi connectivity index (χ0n) is 12.4. The van der Waals surface area contributed by atoms with E-state index in [1.807, 2.05) is 17.8 Å². The molecule has 1 aliphatic heterocycles. The van der Waals surface area contributed by atoms with Crippen LogP contribution in [0.15, 0.2) is 12.4 Å². The summed E-state index contributed by atoms with van der Waals surface area (Å²) in [6.45, 7) is 6.25. The third-order valence-corrected chi connectivity index (χ3v) is 4.33. The van der Waals surface area contributed by atoms with E-state index in [0.717, 1.165) is 25.3 Å². The molecule has 0 radical (unpaired) electrons. The van der Waals surface area contributed by atoms with E-state index in [2.05, 4.69) is 23.7 Å². The molecule has 2 heterocycles. The summed E-state index contributed by atoms with van der Waals surface area (Å²) < 4.78 is 1.99. The van der Waals surface area contributed by atoms with E-state index in [4.69, 9.17) is 0 Å². The second kappa shape index (κ2) is 5.87. The molecule has 0 aromatic carbocycles. The number of imidazole rings is 1. The van der Waals surface area contributed by atoms with Gasteiger partial charge in [-0.15, -0.1) is 0 Å². The lowest BCUT2D eigenvalue weighted by Gasteiger charge is -2.39. The van der Waals surface area contributed by atoms with Crippen LogP contribution in [-0.2, 0) is 18.3 Å². The number of rotatable bonds is 5. The van der Waals surface area contributed by atoms with Crippen molar-refractivity contribution < 1.29 is 4.79 Å². The van der Waals surface area contributed by atoms with Crippen LogP contribution in [0.25, 0.3) is 0 Å². The molecule has 0 saturated carbocycles. The molecular weight excluding hydrogens is 238 g/mol. The summed E-state index contributed by atoms with van der Waals surface area (Å²) in [4.78, 5) is 19.1. The Bertz CT molecular complexity index is 430. The Morgan fingerprint density at radius 1 is 1.32 bits per heavy atom. The predicted molar refractivity (Wildman–Crippen MR) is 76.0 cm³/mol. The molecule has 1 fully saturated rings. The highest BCUT2D eigenvalue weighted by atomic mass is 16.1. The molecule has 0 bridgehead atoms. The normalized spacial score (nSPS) is 17.6. The quantitative estimate of drug-likeness (QED) is 0.817. The Labute approximate surface area is 115 Å². The van der Waals surface area contributed by atoms with Crippen LogP contribution in [0.5, 0.6) is 0 Å². The van der Waals surface area contributed by atoms with Gasteiger partial charge in [0.2, 0.25) is 0 Å². The number of piperidine rings is 1. The lowest BCUT2D eigenvalue weighted by Crippen LogP contribution is -2.52. The number of nitrogens with zero attached hydrogens (tertiary/aromatic N) is 3. The molecule has 1 aliphatic rings. The molecule has 106 valence electrons. The van der Waals surface area contributed by atoms with Gasteiger partial charge >= 0.3 is 0 Å². The molecule has 0 atom stereocenters. The van der Waals surface area contributed by atoms with Gasteiger partial charge in [0.25, 0.3) is 0 Å². The number of aromatic nitrogens is 2. The molecule has 1 aromatic heterocycles. The number of aryl methyl sites for hydroxylation is 2. The van der Waals surface area contributed by atoms with Crippen LogP contribution >= 0.6 is 0 Å². The summed E-state index contributed by atoms with van der Waals surface area (Å²) in [5.41, 5.74) is -0.328. The molecule has 4 nitrogen and oxygen atoms in total. The molecule has 0 spiro atoms. The SMILES string of the molecule is Cn1ccnc1CCC(=O)C(C)(C)N1CCCCC1. The highest BCUT2D eigenvalue weighted by Crippen LogP contribution is 2.23. The lowest BCUT2D eigenvalue weighted by molar-refractivity contribution is -0.130. The van der Waals surface area contributed by atoms with E-state index >= 15 is 0 Å². The van der Waals surface area contributed by atoms with Gasteiger partial charge in [-0.2, -0.15) is 0 Å². The number of hydrogen-bond acceptors (Lipinski definition) is 3. The molecule has 1 aromatic rings. The van der Waals surface area contributed by atoms with Crippen molar-refractivity contribution in [3.63, 3.8) is 0 Å². The van der Waals surface area contributed by atoms with E-state index in [0.29, 0.717) is 12.2 Å². The first-order valence-corrected chi connectivity index (χ1v) is 7.26. The number of likely N-dealkylation sites (tertiary alicyclic amines) is 1. The van der Waals surface area contributed by atoms with Gasteiger partial charge in [0.05, 0.1) is 5.54 Å². The standard InChI is InChI=1S/C15H25N3O/c1-15(2,18-10-5-4-6-11-18)13(19)7-8-14-16-9-12-17(14)3/h9,12H,4-8,10-11H2,1-3H3. The topological polar surface area (TPSA) is 38.1 Å². The first kappa shape index (κ1) is 14.3. The second-order valence-electron chi connectivity index (χ2n) is 5.98. The largest absolute Gasteiger partial charge is 0.338 e. The van der Waals surface area contributed by atoms with E-state index in [1.54, 1.807) is 6.20 Å². The summed E-state index contributed by atoms with van der Waals surface area (Å²) in [6.07, 6.45) is 8.76. The minimum absolute atomic E-state index is 0.328. The Hall–Kier alpha value is -1.16. The number of carbonyl (C=O) groups excluding carboxylic acids is 1. The highest BCUT2D eigenvalue weighted by Gasteiger charge is 2.34. The van der Waals surface area contributed by atoms with Crippen LogP contribution in [0, 0.1) is 0 Å². The first-order chi connectivity index (χ1) is 9.01. The monoisotopic (exact) mass is 263 g/mol. The fraction of sp³-hybridized carbons (Fsp3) is 0.733. The van der Waals surface area contributed by atoms with Crippen molar-refractivity contribution in [2.45, 2.75) is 51.5 Å². The predicted octanol–water partition coefficient (Wildman–Crippen LogP) is 2.19. The summed E-state index contributed by atoms with van der Waals surface area (Å²) >= 11 is 0. The minimum atomic E-state index is -0.328. The maximum absolute atomic E-state index is 12.5. The van der Waals surface area contributed by atoms with E-state index in [1.165, 1.54) is 19.3 Å². The van der Waals surface area contributed by atoms with Crippen molar-refractivity contribution in [3.8, 4) is 0 Å². The molecule has 1 saturated heterocycles. The Morgan fingerprint density at radius 3 is 2.58 bits per heavy atom. The zero-order valence-corrected chi connectivity index (χ0v) is 12.4. The number of Topliss-reactive ketones (excluding diaryl/α,β-unsaturated/α-hetero) is 1.